The van der Waals surface area contributed by atoms with Crippen molar-refractivity contribution >= 4 is 17.0 Å². The fourth-order valence-electron chi connectivity index (χ4n) is 3.46. The molecule has 1 aliphatic rings. The number of hydrogen-bond donors (Lipinski definition) is 1. The van der Waals surface area contributed by atoms with Gasteiger partial charge in [0.05, 0.1) is 37.6 Å². The van der Waals surface area contributed by atoms with Crippen molar-refractivity contribution < 1.29 is 19.0 Å². The van der Waals surface area contributed by atoms with Crippen LogP contribution in [-0.2, 0) is 15.9 Å². The van der Waals surface area contributed by atoms with Crippen LogP contribution >= 0.6 is 0 Å². The summed E-state index contributed by atoms with van der Waals surface area (Å²) >= 11 is 0. The van der Waals surface area contributed by atoms with Crippen molar-refractivity contribution in [3.05, 3.63) is 36.0 Å². The molecule has 1 aliphatic heterocycles. The summed E-state index contributed by atoms with van der Waals surface area (Å²) < 4.78 is 16.6. The Morgan fingerprint density at radius 1 is 1.32 bits per heavy atom. The van der Waals surface area contributed by atoms with Gasteiger partial charge in [-0.05, 0) is 64.2 Å². The average Bonchev–Trinajstić information content (AvgIpc) is 2.65. The molecule has 1 aromatic heterocycles. The van der Waals surface area contributed by atoms with E-state index in [2.05, 4.69) is 16.4 Å². The maximum absolute atomic E-state index is 11.9. The van der Waals surface area contributed by atoms with Crippen molar-refractivity contribution in [2.45, 2.75) is 64.2 Å². The summed E-state index contributed by atoms with van der Waals surface area (Å²) in [5, 5.41) is 4.03. The van der Waals surface area contributed by atoms with Crippen molar-refractivity contribution in [1.29, 1.82) is 0 Å². The van der Waals surface area contributed by atoms with E-state index in [0.29, 0.717) is 6.61 Å². The number of aromatic nitrogens is 1. The van der Waals surface area contributed by atoms with Crippen LogP contribution in [0.3, 0.4) is 0 Å². The minimum atomic E-state index is -0.488. The standard InChI is InChI=1S/C22H30N2O4/c1-22(2,3)28-21(25)24-16-9-11-17(27-14-16)10-8-15-6-5-7-20-19(15)12-18(26-4)13-23-20/h5-7,12-13,16-17H,8-11,14H2,1-4H3,(H,24,25)/t16-,17-/m1/s1. The normalized spacial score (nSPS) is 20.0. The maximum Gasteiger partial charge on any atom is 0.407 e. The van der Waals surface area contributed by atoms with Gasteiger partial charge in [0.1, 0.15) is 11.4 Å². The number of nitrogens with one attached hydrogen (secondary N) is 1. The fraction of sp³-hybridized carbons (Fsp3) is 0.545. The second-order valence-electron chi connectivity index (χ2n) is 8.27. The number of rotatable bonds is 5. The van der Waals surface area contributed by atoms with E-state index in [0.717, 1.165) is 42.3 Å². The summed E-state index contributed by atoms with van der Waals surface area (Å²) in [6.07, 6.45) is 5.24. The molecule has 0 spiro atoms. The van der Waals surface area contributed by atoms with E-state index in [4.69, 9.17) is 14.2 Å². The van der Waals surface area contributed by atoms with Gasteiger partial charge in [-0.3, -0.25) is 4.98 Å². The Labute approximate surface area is 166 Å². The van der Waals surface area contributed by atoms with Gasteiger partial charge in [0.25, 0.3) is 0 Å². The highest BCUT2D eigenvalue weighted by Crippen LogP contribution is 2.25. The van der Waals surface area contributed by atoms with Crippen LogP contribution in [0, 0.1) is 0 Å². The third-order valence-corrected chi connectivity index (χ3v) is 4.85. The minimum Gasteiger partial charge on any atom is -0.495 e. The molecule has 1 amide bonds. The first-order chi connectivity index (χ1) is 13.3. The van der Waals surface area contributed by atoms with E-state index in [1.165, 1.54) is 5.56 Å². The average molecular weight is 386 g/mol. The Hall–Kier alpha value is -2.34. The van der Waals surface area contributed by atoms with Gasteiger partial charge >= 0.3 is 6.09 Å². The van der Waals surface area contributed by atoms with Crippen LogP contribution in [0.2, 0.25) is 0 Å². The van der Waals surface area contributed by atoms with Crippen molar-refractivity contribution in [3.8, 4) is 5.75 Å². The number of nitrogens with zero attached hydrogens (tertiary/aromatic N) is 1. The number of ether oxygens (including phenoxy) is 3. The molecule has 28 heavy (non-hydrogen) atoms. The lowest BCUT2D eigenvalue weighted by Crippen LogP contribution is -2.44. The van der Waals surface area contributed by atoms with Gasteiger partial charge < -0.3 is 19.5 Å². The number of fused-ring (bicyclic) bond motifs is 1. The van der Waals surface area contributed by atoms with Gasteiger partial charge in [-0.25, -0.2) is 4.79 Å². The number of alkyl carbamates (subject to hydrolysis) is 1. The molecule has 0 bridgehead atoms. The third kappa shape index (κ3) is 5.58. The van der Waals surface area contributed by atoms with Gasteiger partial charge in [-0.15, -0.1) is 0 Å². The monoisotopic (exact) mass is 386 g/mol. The van der Waals surface area contributed by atoms with E-state index in [-0.39, 0.29) is 18.2 Å². The quantitative estimate of drug-likeness (QED) is 0.832. The molecule has 1 aromatic carbocycles. The first kappa shape index (κ1) is 20.4. The van der Waals surface area contributed by atoms with Gasteiger partial charge in [-0.2, -0.15) is 0 Å². The lowest BCUT2D eigenvalue weighted by atomic mass is 9.97. The number of hydrogen-bond acceptors (Lipinski definition) is 5. The number of pyridine rings is 1. The van der Waals surface area contributed by atoms with Crippen molar-refractivity contribution in [2.75, 3.05) is 13.7 Å². The van der Waals surface area contributed by atoms with E-state index in [1.54, 1.807) is 13.3 Å². The highest BCUT2D eigenvalue weighted by atomic mass is 16.6. The second-order valence-corrected chi connectivity index (χ2v) is 8.27. The van der Waals surface area contributed by atoms with Crippen molar-refractivity contribution in [1.82, 2.24) is 10.3 Å². The van der Waals surface area contributed by atoms with Gasteiger partial charge in [0, 0.05) is 5.39 Å². The largest absolute Gasteiger partial charge is 0.495 e. The van der Waals surface area contributed by atoms with Crippen LogP contribution in [-0.4, -0.2) is 42.5 Å². The van der Waals surface area contributed by atoms with Crippen LogP contribution in [0.25, 0.3) is 10.9 Å². The summed E-state index contributed by atoms with van der Waals surface area (Å²) in [4.78, 5) is 16.4. The van der Waals surface area contributed by atoms with E-state index in [1.807, 2.05) is 39.0 Å². The number of aryl methyl sites for hydroxylation is 1. The Morgan fingerprint density at radius 3 is 2.82 bits per heavy atom. The van der Waals surface area contributed by atoms with Gasteiger partial charge in [-0.1, -0.05) is 12.1 Å². The highest BCUT2D eigenvalue weighted by molar-refractivity contribution is 5.83. The lowest BCUT2D eigenvalue weighted by Gasteiger charge is -2.30. The van der Waals surface area contributed by atoms with Crippen molar-refractivity contribution in [2.24, 2.45) is 0 Å². The number of carbonyl (C=O) groups excluding carboxylic acids is 1. The maximum atomic E-state index is 11.9. The smallest absolute Gasteiger partial charge is 0.407 e. The predicted molar refractivity (Wildman–Crippen MR) is 109 cm³/mol. The minimum absolute atomic E-state index is 0.0112. The molecular formula is C22H30N2O4. The molecule has 0 aliphatic carbocycles. The Morgan fingerprint density at radius 2 is 2.14 bits per heavy atom. The predicted octanol–water partition coefficient (Wildman–Crippen LogP) is 4.25. The molecule has 3 rings (SSSR count). The Balaban J connectivity index is 1.51. The molecule has 6 heteroatoms. The number of methoxy groups -OCH3 is 1. The van der Waals surface area contributed by atoms with Crippen molar-refractivity contribution in [3.63, 3.8) is 0 Å². The molecule has 2 heterocycles. The van der Waals surface area contributed by atoms with E-state index < -0.39 is 5.60 Å². The summed E-state index contributed by atoms with van der Waals surface area (Å²) in [5.41, 5.74) is 1.74. The molecule has 0 radical (unpaired) electrons. The van der Waals surface area contributed by atoms with E-state index in [9.17, 15) is 4.79 Å². The Kier molecular flexibility index (Phi) is 6.39. The van der Waals surface area contributed by atoms with Crippen LogP contribution in [0.1, 0.15) is 45.6 Å². The molecule has 1 N–H and O–H groups in total. The number of benzene rings is 1. The summed E-state index contributed by atoms with van der Waals surface area (Å²) in [5.74, 6) is 0.768. The molecule has 0 saturated carbocycles. The first-order valence-electron chi connectivity index (χ1n) is 9.87. The molecule has 0 unspecified atom stereocenters. The molecular weight excluding hydrogens is 356 g/mol. The molecule has 1 saturated heterocycles. The zero-order valence-electron chi connectivity index (χ0n) is 17.2. The summed E-state index contributed by atoms with van der Waals surface area (Å²) in [6, 6.07) is 8.25. The molecule has 1 fully saturated rings. The molecule has 2 atom stereocenters. The lowest BCUT2D eigenvalue weighted by molar-refractivity contribution is -0.0113. The zero-order chi connectivity index (χ0) is 20.1. The second kappa shape index (κ2) is 8.78. The fourth-order valence-corrected chi connectivity index (χ4v) is 3.46. The van der Waals surface area contributed by atoms with Crippen LogP contribution in [0.4, 0.5) is 4.79 Å². The summed E-state index contributed by atoms with van der Waals surface area (Å²) in [6.45, 7) is 6.10. The summed E-state index contributed by atoms with van der Waals surface area (Å²) in [7, 11) is 1.66. The number of amides is 1. The highest BCUT2D eigenvalue weighted by Gasteiger charge is 2.25. The van der Waals surface area contributed by atoms with Gasteiger partial charge in [0.15, 0.2) is 0 Å². The van der Waals surface area contributed by atoms with Crippen LogP contribution in [0.15, 0.2) is 30.5 Å². The SMILES string of the molecule is COc1cnc2cccc(CC[C@@H]3CC[C@@H](NC(=O)OC(C)(C)C)CO3)c2c1. The van der Waals surface area contributed by atoms with Crippen LogP contribution in [0.5, 0.6) is 5.75 Å². The molecule has 2 aromatic rings. The van der Waals surface area contributed by atoms with Gasteiger partial charge in [0.2, 0.25) is 0 Å². The van der Waals surface area contributed by atoms with Crippen LogP contribution < -0.4 is 10.1 Å². The molecule has 152 valence electrons. The van der Waals surface area contributed by atoms with E-state index >= 15 is 0 Å². The Bertz CT molecular complexity index is 808. The first-order valence-corrected chi connectivity index (χ1v) is 9.87. The third-order valence-electron chi connectivity index (χ3n) is 4.85. The molecule has 6 nitrogen and oxygen atoms in total. The topological polar surface area (TPSA) is 69.7 Å². The number of carbonyl (C=O) groups is 1. The zero-order valence-corrected chi connectivity index (χ0v) is 17.2.